The van der Waals surface area contributed by atoms with Crippen LogP contribution in [-0.4, -0.2) is 49.3 Å². The predicted octanol–water partition coefficient (Wildman–Crippen LogP) is 27.0. The Morgan fingerprint density at radius 2 is 0.571 bits per heavy atom. The lowest BCUT2D eigenvalue weighted by Gasteiger charge is -2.19. The van der Waals surface area contributed by atoms with E-state index in [1.165, 1.54) is 366 Å². The van der Waals surface area contributed by atoms with Crippen molar-refractivity contribution in [1.29, 1.82) is 0 Å². The third kappa shape index (κ3) is 77.1. The molecule has 0 saturated carbocycles. The summed E-state index contributed by atoms with van der Waals surface area (Å²) in [5, 5.41) is 0. The van der Waals surface area contributed by atoms with Crippen molar-refractivity contribution in [2.24, 2.45) is 5.73 Å². The van der Waals surface area contributed by atoms with Crippen molar-refractivity contribution >= 4 is 19.8 Å². The lowest BCUT2D eigenvalue weighted by Crippen LogP contribution is -2.29. The van der Waals surface area contributed by atoms with E-state index in [1.54, 1.807) is 0 Å². The minimum atomic E-state index is -4.39. The Morgan fingerprint density at radius 3 is 0.846 bits per heavy atom. The molecule has 0 aromatic heterocycles. The van der Waals surface area contributed by atoms with Crippen LogP contribution in [-0.2, 0) is 32.7 Å². The largest absolute Gasteiger partial charge is 0.472 e. The van der Waals surface area contributed by atoms with Crippen molar-refractivity contribution in [1.82, 2.24) is 0 Å². The average molecular weight is 1300 g/mol. The van der Waals surface area contributed by atoms with Crippen LogP contribution in [0.25, 0.3) is 0 Å². The normalized spacial score (nSPS) is 13.0. The summed E-state index contributed by atoms with van der Waals surface area (Å²) in [5.41, 5.74) is 5.42. The molecule has 2 atom stereocenters. The number of allylic oxidation sites excluding steroid dienone is 6. The SMILES string of the molecule is CCCCCCC/C=C\C/C=C\CCCCCCCCCCCCCCCCCCCCCCCCCCCCCC(=O)OC(COC(=O)CCCCCCCCCCCCCCCCCCCCC/C=C\CCCCCCCCCC)COP(=O)(O)OCCN. The maximum Gasteiger partial charge on any atom is 0.472 e. The fourth-order valence-electron chi connectivity index (χ4n) is 12.5. The van der Waals surface area contributed by atoms with Gasteiger partial charge in [0.05, 0.1) is 13.2 Å². The van der Waals surface area contributed by atoms with Gasteiger partial charge >= 0.3 is 19.8 Å². The highest BCUT2D eigenvalue weighted by molar-refractivity contribution is 7.47. The number of carbonyl (C=O) groups excluding carboxylic acids is 2. The second kappa shape index (κ2) is 77.2. The number of nitrogens with two attached hydrogens (primary N) is 1. The first-order chi connectivity index (χ1) is 44.8. The van der Waals surface area contributed by atoms with Gasteiger partial charge in [-0.05, 0) is 70.6 Å². The second-order valence-electron chi connectivity index (χ2n) is 27.6. The molecule has 0 radical (unpaired) electrons. The van der Waals surface area contributed by atoms with Gasteiger partial charge in [-0.15, -0.1) is 0 Å². The maximum absolute atomic E-state index is 12.8. The molecule has 538 valence electrons. The molecule has 91 heavy (non-hydrogen) atoms. The number of esters is 2. The lowest BCUT2D eigenvalue weighted by molar-refractivity contribution is -0.161. The van der Waals surface area contributed by atoms with E-state index >= 15 is 0 Å². The number of rotatable bonds is 78. The minimum absolute atomic E-state index is 0.0568. The lowest BCUT2D eigenvalue weighted by atomic mass is 10.0. The number of hydrogen-bond donors (Lipinski definition) is 2. The minimum Gasteiger partial charge on any atom is -0.462 e. The molecule has 3 N–H and O–H groups in total. The van der Waals surface area contributed by atoms with Gasteiger partial charge in [0.25, 0.3) is 0 Å². The Labute approximate surface area is 566 Å². The van der Waals surface area contributed by atoms with E-state index in [0.29, 0.717) is 6.42 Å². The van der Waals surface area contributed by atoms with Crippen molar-refractivity contribution in [3.05, 3.63) is 36.5 Å². The molecule has 0 heterocycles. The Balaban J connectivity index is 3.74. The molecule has 0 saturated heterocycles. The summed E-state index contributed by atoms with van der Waals surface area (Å²) in [7, 11) is -4.39. The van der Waals surface area contributed by atoms with Crippen LogP contribution < -0.4 is 5.73 Å². The highest BCUT2D eigenvalue weighted by atomic mass is 31.2. The molecule has 10 heteroatoms. The molecule has 0 aromatic carbocycles. The zero-order valence-corrected chi connectivity index (χ0v) is 61.8. The first-order valence-electron chi connectivity index (χ1n) is 40.5. The topological polar surface area (TPSA) is 134 Å². The van der Waals surface area contributed by atoms with E-state index in [1.807, 2.05) is 0 Å². The molecule has 0 fully saturated rings. The molecule has 0 aromatic rings. The van der Waals surface area contributed by atoms with Crippen molar-refractivity contribution in [3.63, 3.8) is 0 Å². The molecule has 0 spiro atoms. The summed E-state index contributed by atoms with van der Waals surface area (Å²) in [6.07, 6.45) is 98.7. The Hall–Kier alpha value is -1.77. The first kappa shape index (κ1) is 89.2. The Kier molecular flexibility index (Phi) is 75.7. The van der Waals surface area contributed by atoms with Gasteiger partial charge in [-0.2, -0.15) is 0 Å². The molecule has 9 nitrogen and oxygen atoms in total. The van der Waals surface area contributed by atoms with Crippen molar-refractivity contribution in [3.8, 4) is 0 Å². The van der Waals surface area contributed by atoms with Gasteiger partial charge in [-0.3, -0.25) is 18.6 Å². The standard InChI is InChI=1S/C81H156NO8P/c1-3-5-7-9-11-13-15-17-19-21-23-25-27-29-31-33-35-36-37-38-39-40-41-42-44-46-48-50-52-54-56-58-60-62-64-66-68-70-72-74-81(84)90-79(78-89-91(85,86)88-76-75-82)77-87-80(83)73-71-69-67-65-63-61-59-57-55-53-51-49-47-45-43-34-32-30-28-26-24-22-20-18-16-14-12-10-8-6-4-2/h15,17,21-24,79H,3-14,16,18-20,25-78,82H2,1-2H3,(H,85,86)/b17-15-,23-21-,24-22-. The average Bonchev–Trinajstić information content (AvgIpc) is 3.71. The van der Waals surface area contributed by atoms with Gasteiger partial charge in [0.1, 0.15) is 6.61 Å². The van der Waals surface area contributed by atoms with Crippen LogP contribution in [0.2, 0.25) is 0 Å². The van der Waals surface area contributed by atoms with E-state index in [4.69, 9.17) is 24.3 Å². The van der Waals surface area contributed by atoms with Gasteiger partial charge in [0.15, 0.2) is 6.10 Å². The summed E-state index contributed by atoms with van der Waals surface area (Å²) in [4.78, 5) is 35.5. The smallest absolute Gasteiger partial charge is 0.462 e. The predicted molar refractivity (Wildman–Crippen MR) is 395 cm³/mol. The maximum atomic E-state index is 12.8. The van der Waals surface area contributed by atoms with Gasteiger partial charge < -0.3 is 20.1 Å². The van der Waals surface area contributed by atoms with Crippen LogP contribution >= 0.6 is 7.82 Å². The molecular formula is C81H156NO8P. The van der Waals surface area contributed by atoms with Crippen LogP contribution in [0.15, 0.2) is 36.5 Å². The van der Waals surface area contributed by atoms with Gasteiger partial charge in [0.2, 0.25) is 0 Å². The van der Waals surface area contributed by atoms with E-state index in [-0.39, 0.29) is 38.6 Å². The zero-order valence-electron chi connectivity index (χ0n) is 60.9. The van der Waals surface area contributed by atoms with Crippen LogP contribution in [0.1, 0.15) is 438 Å². The number of hydrogen-bond acceptors (Lipinski definition) is 8. The zero-order chi connectivity index (χ0) is 65.8. The highest BCUT2D eigenvalue weighted by Crippen LogP contribution is 2.43. The van der Waals surface area contributed by atoms with Crippen LogP contribution in [0.4, 0.5) is 0 Å². The summed E-state index contributed by atoms with van der Waals surface area (Å²) in [5.74, 6) is -0.800. The van der Waals surface area contributed by atoms with Crippen LogP contribution in [0, 0.1) is 0 Å². The molecule has 0 rings (SSSR count). The summed E-state index contributed by atoms with van der Waals surface area (Å²) in [6.45, 7) is 3.82. The van der Waals surface area contributed by atoms with Crippen molar-refractivity contribution < 1.29 is 37.6 Å². The number of phosphoric acid groups is 1. The van der Waals surface area contributed by atoms with E-state index < -0.39 is 26.5 Å². The van der Waals surface area contributed by atoms with Crippen LogP contribution in [0.5, 0.6) is 0 Å². The Morgan fingerprint density at radius 1 is 0.330 bits per heavy atom. The Bertz CT molecular complexity index is 1590. The quantitative estimate of drug-likeness (QED) is 0.0264. The van der Waals surface area contributed by atoms with E-state index in [9.17, 15) is 19.0 Å². The monoisotopic (exact) mass is 1300 g/mol. The number of carbonyl (C=O) groups is 2. The fraction of sp³-hybridized carbons (Fsp3) is 0.901. The van der Waals surface area contributed by atoms with Gasteiger partial charge in [0, 0.05) is 19.4 Å². The molecule has 0 aliphatic rings. The van der Waals surface area contributed by atoms with Crippen molar-refractivity contribution in [2.45, 2.75) is 444 Å². The summed E-state index contributed by atoms with van der Waals surface area (Å²) < 4.78 is 33.3. The molecule has 0 amide bonds. The molecule has 0 bridgehead atoms. The van der Waals surface area contributed by atoms with Crippen LogP contribution in [0.3, 0.4) is 0 Å². The summed E-state index contributed by atoms with van der Waals surface area (Å²) >= 11 is 0. The third-order valence-electron chi connectivity index (χ3n) is 18.5. The van der Waals surface area contributed by atoms with E-state index in [2.05, 4.69) is 50.3 Å². The third-order valence-corrected chi connectivity index (χ3v) is 19.5. The number of phosphoric ester groups is 1. The molecule has 2 unspecified atom stereocenters. The number of ether oxygens (including phenoxy) is 2. The highest BCUT2D eigenvalue weighted by Gasteiger charge is 2.26. The molecule has 0 aliphatic heterocycles. The fourth-order valence-corrected chi connectivity index (χ4v) is 13.3. The number of unbranched alkanes of at least 4 members (excludes halogenated alkanes) is 59. The van der Waals surface area contributed by atoms with E-state index in [0.717, 1.165) is 38.5 Å². The first-order valence-corrected chi connectivity index (χ1v) is 42.0. The summed E-state index contributed by atoms with van der Waals surface area (Å²) in [6, 6.07) is 0. The van der Waals surface area contributed by atoms with Crippen molar-refractivity contribution in [2.75, 3.05) is 26.4 Å². The van der Waals surface area contributed by atoms with Gasteiger partial charge in [-0.25, -0.2) is 4.57 Å². The second-order valence-corrected chi connectivity index (χ2v) is 29.1. The molecule has 0 aliphatic carbocycles. The van der Waals surface area contributed by atoms with Gasteiger partial charge in [-0.1, -0.05) is 391 Å². The molecular weight excluding hydrogens is 1150 g/mol.